The van der Waals surface area contributed by atoms with Gasteiger partial charge in [0.1, 0.15) is 5.82 Å². The van der Waals surface area contributed by atoms with Gasteiger partial charge in [-0.25, -0.2) is 8.78 Å². The van der Waals surface area contributed by atoms with Gasteiger partial charge in [0.15, 0.2) is 11.5 Å². The van der Waals surface area contributed by atoms with E-state index < -0.39 is 13.0 Å². The third kappa shape index (κ3) is 2.39. The fourth-order valence-corrected chi connectivity index (χ4v) is 2.27. The molecule has 0 unspecified atom stereocenters. The molecule has 0 saturated carbocycles. The second kappa shape index (κ2) is 4.88. The Balaban J connectivity index is 1.99. The van der Waals surface area contributed by atoms with Crippen molar-refractivity contribution >= 4 is 22.8 Å². The average molecular weight is 281 g/mol. The Bertz CT molecular complexity index is 680. The number of alkyl halides is 2. The van der Waals surface area contributed by atoms with Crippen LogP contribution in [0.15, 0.2) is 29.0 Å². The maximum atomic E-state index is 12.2. The van der Waals surface area contributed by atoms with Crippen molar-refractivity contribution in [1.29, 1.82) is 0 Å². The average Bonchev–Trinajstić information content (AvgIpc) is 3.04. The molecule has 0 atom stereocenters. The molecule has 1 N–H and O–H groups in total. The highest BCUT2D eigenvalue weighted by molar-refractivity contribution is 7.08. The van der Waals surface area contributed by atoms with Crippen LogP contribution in [0.3, 0.4) is 0 Å². The van der Waals surface area contributed by atoms with Gasteiger partial charge in [0.2, 0.25) is 0 Å². The molecule has 0 aliphatic carbocycles. The van der Waals surface area contributed by atoms with Gasteiger partial charge < -0.3 is 5.32 Å². The number of nitrogens with zero attached hydrogens (tertiary/aromatic N) is 4. The first-order chi connectivity index (χ1) is 9.24. The van der Waals surface area contributed by atoms with E-state index in [1.807, 2.05) is 16.8 Å². The summed E-state index contributed by atoms with van der Waals surface area (Å²) in [5.41, 5.74) is 1.47. The summed E-state index contributed by atoms with van der Waals surface area (Å²) in [5, 5.41) is 18.7. The van der Waals surface area contributed by atoms with Crippen LogP contribution in [0.4, 0.5) is 14.6 Å². The molecule has 0 aliphatic heterocycles. The molecule has 3 heterocycles. The van der Waals surface area contributed by atoms with E-state index in [0.717, 1.165) is 5.56 Å². The first kappa shape index (κ1) is 12.0. The molecule has 0 aromatic carbocycles. The van der Waals surface area contributed by atoms with Gasteiger partial charge in [0.25, 0.3) is 6.43 Å². The van der Waals surface area contributed by atoms with Gasteiger partial charge in [-0.1, -0.05) is 0 Å². The van der Waals surface area contributed by atoms with Crippen molar-refractivity contribution in [2.75, 3.05) is 11.9 Å². The van der Waals surface area contributed by atoms with Crippen molar-refractivity contribution in [2.45, 2.75) is 6.43 Å². The van der Waals surface area contributed by atoms with Crippen LogP contribution >= 0.6 is 11.3 Å². The van der Waals surface area contributed by atoms with Crippen LogP contribution < -0.4 is 5.32 Å². The SMILES string of the molecule is FC(F)CNc1ccc2nnc(-c3ccsc3)n2n1. The number of nitrogens with one attached hydrogen (secondary N) is 1. The van der Waals surface area contributed by atoms with Crippen molar-refractivity contribution in [3.63, 3.8) is 0 Å². The third-order valence-electron chi connectivity index (χ3n) is 2.48. The summed E-state index contributed by atoms with van der Waals surface area (Å²) < 4.78 is 25.9. The van der Waals surface area contributed by atoms with Crippen LogP contribution in [0.25, 0.3) is 17.0 Å². The van der Waals surface area contributed by atoms with E-state index in [1.165, 1.54) is 4.52 Å². The standard InChI is InChI=1S/C11H9F2N5S/c12-8(13)5-14-9-1-2-10-15-16-11(18(10)17-9)7-3-4-19-6-7/h1-4,6,8H,5H2,(H,14,17). The molecule has 3 aromatic heterocycles. The van der Waals surface area contributed by atoms with E-state index in [9.17, 15) is 8.78 Å². The van der Waals surface area contributed by atoms with Crippen molar-refractivity contribution in [2.24, 2.45) is 0 Å². The summed E-state index contributed by atoms with van der Waals surface area (Å²) in [5.74, 6) is 0.959. The lowest BCUT2D eigenvalue weighted by Crippen LogP contribution is -2.12. The molecule has 98 valence electrons. The molecule has 0 fully saturated rings. The van der Waals surface area contributed by atoms with Gasteiger partial charge >= 0.3 is 0 Å². The Hall–Kier alpha value is -2.09. The van der Waals surface area contributed by atoms with Crippen molar-refractivity contribution in [3.8, 4) is 11.4 Å². The smallest absolute Gasteiger partial charge is 0.255 e. The van der Waals surface area contributed by atoms with E-state index in [4.69, 9.17) is 0 Å². The largest absolute Gasteiger partial charge is 0.363 e. The number of halogens is 2. The maximum Gasteiger partial charge on any atom is 0.255 e. The van der Waals surface area contributed by atoms with Gasteiger partial charge in [-0.15, -0.1) is 15.3 Å². The van der Waals surface area contributed by atoms with Crippen molar-refractivity contribution in [1.82, 2.24) is 19.8 Å². The predicted octanol–water partition coefficient (Wildman–Crippen LogP) is 2.53. The summed E-state index contributed by atoms with van der Waals surface area (Å²) in [6.45, 7) is -0.436. The van der Waals surface area contributed by atoms with Crippen LogP contribution in [-0.2, 0) is 0 Å². The van der Waals surface area contributed by atoms with Gasteiger partial charge in [-0.2, -0.15) is 15.9 Å². The minimum Gasteiger partial charge on any atom is -0.363 e. The number of fused-ring (bicyclic) bond motifs is 1. The van der Waals surface area contributed by atoms with Crippen molar-refractivity contribution < 1.29 is 8.78 Å². The lowest BCUT2D eigenvalue weighted by atomic mass is 10.3. The van der Waals surface area contributed by atoms with E-state index >= 15 is 0 Å². The Kier molecular flexibility index (Phi) is 3.08. The zero-order valence-electron chi connectivity index (χ0n) is 9.62. The summed E-state index contributed by atoms with van der Waals surface area (Å²) in [7, 11) is 0. The number of hydrogen-bond donors (Lipinski definition) is 1. The Morgan fingerprint density at radius 1 is 1.26 bits per heavy atom. The summed E-state index contributed by atoms with van der Waals surface area (Å²) >= 11 is 1.54. The van der Waals surface area contributed by atoms with E-state index in [-0.39, 0.29) is 0 Å². The highest BCUT2D eigenvalue weighted by Crippen LogP contribution is 2.20. The predicted molar refractivity (Wildman–Crippen MR) is 68.6 cm³/mol. The first-order valence-electron chi connectivity index (χ1n) is 5.51. The minimum absolute atomic E-state index is 0.365. The quantitative estimate of drug-likeness (QED) is 0.798. The molecule has 0 aliphatic rings. The summed E-state index contributed by atoms with van der Waals surface area (Å²) in [6.07, 6.45) is -2.42. The second-order valence-corrected chi connectivity index (χ2v) is 4.58. The number of anilines is 1. The second-order valence-electron chi connectivity index (χ2n) is 3.80. The number of thiophene rings is 1. The van der Waals surface area contributed by atoms with Gasteiger partial charge in [-0.3, -0.25) is 0 Å². The van der Waals surface area contributed by atoms with E-state index in [1.54, 1.807) is 23.5 Å². The maximum absolute atomic E-state index is 12.2. The topological polar surface area (TPSA) is 55.1 Å². The zero-order valence-corrected chi connectivity index (χ0v) is 10.4. The molecule has 0 spiro atoms. The molecule has 3 rings (SSSR count). The van der Waals surface area contributed by atoms with Crippen LogP contribution in [0.2, 0.25) is 0 Å². The fourth-order valence-electron chi connectivity index (χ4n) is 1.64. The Morgan fingerprint density at radius 3 is 2.89 bits per heavy atom. The number of hydrogen-bond acceptors (Lipinski definition) is 5. The molecular formula is C11H9F2N5S. The van der Waals surface area contributed by atoms with Gasteiger partial charge in [0.05, 0.1) is 6.54 Å². The molecule has 3 aromatic rings. The molecule has 19 heavy (non-hydrogen) atoms. The first-order valence-corrected chi connectivity index (χ1v) is 6.45. The Morgan fingerprint density at radius 2 is 2.16 bits per heavy atom. The molecular weight excluding hydrogens is 272 g/mol. The third-order valence-corrected chi connectivity index (χ3v) is 3.16. The van der Waals surface area contributed by atoms with E-state index in [0.29, 0.717) is 17.3 Å². The molecule has 0 saturated heterocycles. The molecule has 0 radical (unpaired) electrons. The van der Waals surface area contributed by atoms with Crippen LogP contribution in [0.1, 0.15) is 0 Å². The Labute approximate surface area is 110 Å². The van der Waals surface area contributed by atoms with Crippen LogP contribution in [0.5, 0.6) is 0 Å². The lowest BCUT2D eigenvalue weighted by molar-refractivity contribution is 0.163. The monoisotopic (exact) mass is 281 g/mol. The van der Waals surface area contributed by atoms with Crippen molar-refractivity contribution in [3.05, 3.63) is 29.0 Å². The highest BCUT2D eigenvalue weighted by Gasteiger charge is 2.10. The van der Waals surface area contributed by atoms with Gasteiger partial charge in [0, 0.05) is 10.9 Å². The van der Waals surface area contributed by atoms with Crippen LogP contribution in [-0.4, -0.2) is 32.8 Å². The summed E-state index contributed by atoms with van der Waals surface area (Å²) in [4.78, 5) is 0. The number of aromatic nitrogens is 4. The fraction of sp³-hybridized carbons (Fsp3) is 0.182. The highest BCUT2D eigenvalue weighted by atomic mass is 32.1. The lowest BCUT2D eigenvalue weighted by Gasteiger charge is -2.05. The minimum atomic E-state index is -2.42. The molecule has 5 nitrogen and oxygen atoms in total. The number of rotatable bonds is 4. The molecule has 0 amide bonds. The molecule has 0 bridgehead atoms. The zero-order chi connectivity index (χ0) is 13.2. The summed E-state index contributed by atoms with van der Waals surface area (Å²) in [6, 6.07) is 5.19. The van der Waals surface area contributed by atoms with Crippen LogP contribution in [0, 0.1) is 0 Å². The normalized spacial score (nSPS) is 11.3. The van der Waals surface area contributed by atoms with Gasteiger partial charge in [-0.05, 0) is 23.6 Å². The van der Waals surface area contributed by atoms with E-state index in [2.05, 4.69) is 20.6 Å². The molecule has 8 heteroatoms.